The minimum Gasteiger partial charge on any atom is -0.396 e. The van der Waals surface area contributed by atoms with Gasteiger partial charge in [-0.25, -0.2) is 9.98 Å². The van der Waals surface area contributed by atoms with Crippen molar-refractivity contribution < 1.29 is 5.11 Å². The number of aliphatic hydroxyl groups is 1. The molecule has 0 bridgehead atoms. The van der Waals surface area contributed by atoms with E-state index < -0.39 is 0 Å². The summed E-state index contributed by atoms with van der Waals surface area (Å²) < 4.78 is 0. The molecule has 7 heteroatoms. The summed E-state index contributed by atoms with van der Waals surface area (Å²) in [6.07, 6.45) is 1.83. The maximum Gasteiger partial charge on any atom is 0.191 e. The fourth-order valence-electron chi connectivity index (χ4n) is 2.94. The van der Waals surface area contributed by atoms with E-state index in [2.05, 4.69) is 25.6 Å². The van der Waals surface area contributed by atoms with Crippen LogP contribution in [0.25, 0.3) is 11.3 Å². The van der Waals surface area contributed by atoms with Gasteiger partial charge in [0.05, 0.1) is 18.5 Å². The first-order chi connectivity index (χ1) is 13.8. The summed E-state index contributed by atoms with van der Waals surface area (Å²) >= 11 is 0. The molecule has 3 aromatic rings. The normalized spacial score (nSPS) is 12.1. The number of hydrogen-bond acceptors (Lipinski definition) is 3. The third-order valence-corrected chi connectivity index (χ3v) is 4.45. The van der Waals surface area contributed by atoms with Gasteiger partial charge in [-0.1, -0.05) is 60.7 Å². The Hall–Kier alpha value is -2.39. The number of aliphatic hydroxyl groups excluding tert-OH is 1. The van der Waals surface area contributed by atoms with Crippen molar-refractivity contribution >= 4 is 29.9 Å². The van der Waals surface area contributed by atoms with Crippen LogP contribution >= 0.6 is 24.0 Å². The van der Waals surface area contributed by atoms with Gasteiger partial charge in [0, 0.05) is 19.0 Å². The number of imidazole rings is 1. The molecule has 0 aliphatic carbocycles. The molecule has 0 fully saturated rings. The Balaban J connectivity index is 0.00000300. The molecule has 1 aromatic heterocycles. The van der Waals surface area contributed by atoms with Crippen molar-refractivity contribution in [3.63, 3.8) is 0 Å². The molecule has 154 valence electrons. The lowest BCUT2D eigenvalue weighted by atomic mass is 10.0. The van der Waals surface area contributed by atoms with Crippen LogP contribution in [0.1, 0.15) is 24.2 Å². The van der Waals surface area contributed by atoms with Gasteiger partial charge in [0.25, 0.3) is 0 Å². The van der Waals surface area contributed by atoms with Gasteiger partial charge >= 0.3 is 0 Å². The minimum atomic E-state index is 0. The van der Waals surface area contributed by atoms with Crippen molar-refractivity contribution in [3.05, 3.63) is 78.2 Å². The fourth-order valence-corrected chi connectivity index (χ4v) is 2.94. The Kier molecular flexibility index (Phi) is 9.66. The van der Waals surface area contributed by atoms with Crippen LogP contribution in [0, 0.1) is 0 Å². The number of guanidine groups is 1. The molecule has 0 saturated heterocycles. The van der Waals surface area contributed by atoms with E-state index in [1.54, 1.807) is 0 Å². The minimum absolute atomic E-state index is 0. The van der Waals surface area contributed by atoms with Gasteiger partial charge in [0.1, 0.15) is 12.4 Å². The molecule has 0 radical (unpaired) electrons. The maximum absolute atomic E-state index is 9.73. The summed E-state index contributed by atoms with van der Waals surface area (Å²) in [6.45, 7) is 3.90. The van der Waals surface area contributed by atoms with E-state index in [1.165, 1.54) is 0 Å². The average molecular weight is 505 g/mol. The first-order valence-corrected chi connectivity index (χ1v) is 9.57. The number of benzene rings is 2. The zero-order chi connectivity index (χ0) is 19.6. The van der Waals surface area contributed by atoms with E-state index in [0.29, 0.717) is 19.0 Å². The number of hydrogen-bond donors (Lipinski definition) is 4. The van der Waals surface area contributed by atoms with Crippen LogP contribution in [0.15, 0.2) is 71.9 Å². The van der Waals surface area contributed by atoms with Crippen LogP contribution in [0.2, 0.25) is 0 Å². The lowest BCUT2D eigenvalue weighted by molar-refractivity contribution is 0.265. The number of aromatic nitrogens is 2. The molecule has 6 nitrogen and oxygen atoms in total. The van der Waals surface area contributed by atoms with E-state index in [0.717, 1.165) is 29.2 Å². The van der Waals surface area contributed by atoms with E-state index in [4.69, 9.17) is 0 Å². The number of nitrogens with one attached hydrogen (secondary N) is 3. The highest BCUT2D eigenvalue weighted by Gasteiger charge is 2.11. The second-order valence-corrected chi connectivity index (χ2v) is 6.48. The van der Waals surface area contributed by atoms with E-state index in [9.17, 15) is 5.11 Å². The van der Waals surface area contributed by atoms with Gasteiger partial charge in [0.15, 0.2) is 5.96 Å². The van der Waals surface area contributed by atoms with Crippen LogP contribution in [0.4, 0.5) is 0 Å². The maximum atomic E-state index is 9.73. The van der Waals surface area contributed by atoms with Gasteiger partial charge in [-0.15, -0.1) is 24.0 Å². The average Bonchev–Trinajstić information content (AvgIpc) is 3.23. The van der Waals surface area contributed by atoms with Crippen LogP contribution in [0.3, 0.4) is 0 Å². The van der Waals surface area contributed by atoms with Crippen molar-refractivity contribution in [2.75, 3.05) is 19.7 Å². The summed E-state index contributed by atoms with van der Waals surface area (Å²) in [5, 5.41) is 16.3. The molecule has 0 aliphatic heterocycles. The molecule has 29 heavy (non-hydrogen) atoms. The first-order valence-electron chi connectivity index (χ1n) is 9.57. The van der Waals surface area contributed by atoms with E-state index >= 15 is 0 Å². The number of H-pyrrole nitrogens is 1. The van der Waals surface area contributed by atoms with E-state index in [1.807, 2.05) is 73.8 Å². The summed E-state index contributed by atoms with van der Waals surface area (Å²) in [6, 6.07) is 20.1. The van der Waals surface area contributed by atoms with Crippen molar-refractivity contribution in [2.45, 2.75) is 19.4 Å². The SMILES string of the molecule is CCNC(=NCc1ncc(-c2ccccc2)[nH]1)NCC(CO)c1ccccc1.I. The number of rotatable bonds is 8. The van der Waals surface area contributed by atoms with Crippen molar-refractivity contribution in [2.24, 2.45) is 4.99 Å². The quantitative estimate of drug-likeness (QED) is 0.215. The Bertz CT molecular complexity index is 867. The van der Waals surface area contributed by atoms with Crippen molar-refractivity contribution in [3.8, 4) is 11.3 Å². The molecule has 4 N–H and O–H groups in total. The smallest absolute Gasteiger partial charge is 0.191 e. The molecule has 1 atom stereocenters. The van der Waals surface area contributed by atoms with Crippen molar-refractivity contribution in [1.29, 1.82) is 0 Å². The standard InChI is InChI=1S/C22H27N5O.HI/c1-2-23-22(25-13-19(16-28)17-9-5-3-6-10-17)26-15-21-24-14-20(27-21)18-11-7-4-8-12-18;/h3-12,14,19,28H,2,13,15-16H2,1H3,(H,24,27)(H2,23,25,26);1H. The Morgan fingerprint density at radius 3 is 2.41 bits per heavy atom. The predicted molar refractivity (Wildman–Crippen MR) is 129 cm³/mol. The number of nitrogens with zero attached hydrogens (tertiary/aromatic N) is 2. The van der Waals surface area contributed by atoms with Crippen LogP contribution in [-0.4, -0.2) is 40.7 Å². The Labute approximate surface area is 188 Å². The van der Waals surface area contributed by atoms with Gasteiger partial charge in [-0.05, 0) is 18.1 Å². The highest BCUT2D eigenvalue weighted by atomic mass is 127. The van der Waals surface area contributed by atoms with E-state index in [-0.39, 0.29) is 36.5 Å². The van der Waals surface area contributed by atoms with Crippen molar-refractivity contribution in [1.82, 2.24) is 20.6 Å². The second-order valence-electron chi connectivity index (χ2n) is 6.48. The molecule has 1 unspecified atom stereocenters. The number of halogens is 1. The fraction of sp³-hybridized carbons (Fsp3) is 0.273. The molecule has 0 spiro atoms. The first kappa shape index (κ1) is 22.9. The second kappa shape index (κ2) is 12.2. The van der Waals surface area contributed by atoms with Crippen LogP contribution in [-0.2, 0) is 6.54 Å². The van der Waals surface area contributed by atoms with Gasteiger partial charge in [0.2, 0.25) is 0 Å². The third-order valence-electron chi connectivity index (χ3n) is 4.45. The zero-order valence-corrected chi connectivity index (χ0v) is 18.8. The lowest BCUT2D eigenvalue weighted by Crippen LogP contribution is -2.40. The third kappa shape index (κ3) is 6.86. The lowest BCUT2D eigenvalue weighted by Gasteiger charge is -2.18. The monoisotopic (exact) mass is 505 g/mol. The Morgan fingerprint density at radius 1 is 1.07 bits per heavy atom. The van der Waals surface area contributed by atoms with Crippen LogP contribution in [0.5, 0.6) is 0 Å². The molecule has 3 rings (SSSR count). The molecule has 2 aromatic carbocycles. The predicted octanol–water partition coefficient (Wildman–Crippen LogP) is 3.53. The number of aliphatic imine (C=N–C) groups is 1. The number of aromatic amines is 1. The summed E-state index contributed by atoms with van der Waals surface area (Å²) in [5.41, 5.74) is 3.18. The summed E-state index contributed by atoms with van der Waals surface area (Å²) in [5.74, 6) is 1.52. The molecular weight excluding hydrogens is 477 g/mol. The van der Waals surface area contributed by atoms with Gasteiger partial charge in [-0.3, -0.25) is 0 Å². The van der Waals surface area contributed by atoms with Gasteiger partial charge in [-0.2, -0.15) is 0 Å². The highest BCUT2D eigenvalue weighted by molar-refractivity contribution is 14.0. The molecule has 0 saturated carbocycles. The molecule has 1 heterocycles. The molecular formula is C22H28IN5O. The van der Waals surface area contributed by atoms with Gasteiger partial charge < -0.3 is 20.7 Å². The zero-order valence-electron chi connectivity index (χ0n) is 16.5. The highest BCUT2D eigenvalue weighted by Crippen LogP contribution is 2.16. The topological polar surface area (TPSA) is 85.3 Å². The Morgan fingerprint density at radius 2 is 1.76 bits per heavy atom. The summed E-state index contributed by atoms with van der Waals surface area (Å²) in [4.78, 5) is 12.4. The molecule has 0 amide bonds. The summed E-state index contributed by atoms with van der Waals surface area (Å²) in [7, 11) is 0. The molecule has 0 aliphatic rings. The largest absolute Gasteiger partial charge is 0.396 e. The van der Waals surface area contributed by atoms with Crippen LogP contribution < -0.4 is 10.6 Å².